The highest BCUT2D eigenvalue weighted by Crippen LogP contribution is 2.25. The van der Waals surface area contributed by atoms with Gasteiger partial charge in [0.2, 0.25) is 0 Å². The minimum Gasteiger partial charge on any atom is -0.379 e. The molecule has 1 aliphatic rings. The van der Waals surface area contributed by atoms with Crippen LogP contribution in [0.15, 0.2) is 41.8 Å². The van der Waals surface area contributed by atoms with Crippen LogP contribution in [0.25, 0.3) is 10.4 Å². The lowest BCUT2D eigenvalue weighted by atomic mass is 10.0. The maximum absolute atomic E-state index is 5.50. The summed E-state index contributed by atoms with van der Waals surface area (Å²) < 4.78 is 5.50. The standard InChI is InChI=1S/C15H17NOS.ClH/c1-3-12(10-14-11-17-7-6-16-14)9-13(4-1)15-5-2-8-18-15;/h1-5,8-9,14,16H,6-7,10-11H2;1H. The molecule has 4 heteroatoms. The van der Waals surface area contributed by atoms with E-state index in [0.717, 1.165) is 26.2 Å². The van der Waals surface area contributed by atoms with E-state index in [1.807, 2.05) is 0 Å². The molecular weight excluding hydrogens is 278 g/mol. The average Bonchev–Trinajstić information content (AvgIpc) is 2.94. The summed E-state index contributed by atoms with van der Waals surface area (Å²) in [6.45, 7) is 2.63. The van der Waals surface area contributed by atoms with Gasteiger partial charge in [-0.05, 0) is 29.0 Å². The van der Waals surface area contributed by atoms with Crippen LogP contribution in [0.1, 0.15) is 5.56 Å². The van der Waals surface area contributed by atoms with Gasteiger partial charge in [-0.3, -0.25) is 0 Å². The van der Waals surface area contributed by atoms with Gasteiger partial charge in [-0.2, -0.15) is 0 Å². The number of hydrogen-bond donors (Lipinski definition) is 1. The Morgan fingerprint density at radius 3 is 2.95 bits per heavy atom. The maximum Gasteiger partial charge on any atom is 0.0623 e. The smallest absolute Gasteiger partial charge is 0.0623 e. The number of hydrogen-bond acceptors (Lipinski definition) is 3. The normalized spacial score (nSPS) is 18.8. The van der Waals surface area contributed by atoms with E-state index in [0.29, 0.717) is 6.04 Å². The fourth-order valence-electron chi connectivity index (χ4n) is 2.33. The molecule has 2 heterocycles. The van der Waals surface area contributed by atoms with E-state index in [9.17, 15) is 0 Å². The largest absolute Gasteiger partial charge is 0.379 e. The van der Waals surface area contributed by atoms with Gasteiger partial charge in [-0.15, -0.1) is 23.7 Å². The van der Waals surface area contributed by atoms with E-state index in [4.69, 9.17) is 4.74 Å². The molecule has 1 unspecified atom stereocenters. The van der Waals surface area contributed by atoms with Crippen molar-refractivity contribution < 1.29 is 4.74 Å². The number of rotatable bonds is 3. The first kappa shape index (κ1) is 14.5. The minimum atomic E-state index is 0. The summed E-state index contributed by atoms with van der Waals surface area (Å²) in [5.74, 6) is 0. The van der Waals surface area contributed by atoms with E-state index in [-0.39, 0.29) is 12.4 Å². The second-order valence-corrected chi connectivity index (χ2v) is 5.56. The fraction of sp³-hybridized carbons (Fsp3) is 0.333. The molecule has 1 aliphatic heterocycles. The quantitative estimate of drug-likeness (QED) is 0.937. The first-order valence-electron chi connectivity index (χ1n) is 6.36. The summed E-state index contributed by atoms with van der Waals surface area (Å²) in [7, 11) is 0. The molecule has 0 bridgehead atoms. The van der Waals surface area contributed by atoms with Gasteiger partial charge in [0.25, 0.3) is 0 Å². The van der Waals surface area contributed by atoms with Crippen LogP contribution in [0.5, 0.6) is 0 Å². The lowest BCUT2D eigenvalue weighted by molar-refractivity contribution is 0.0770. The second-order valence-electron chi connectivity index (χ2n) is 4.61. The zero-order valence-corrected chi connectivity index (χ0v) is 12.3. The van der Waals surface area contributed by atoms with Gasteiger partial charge in [-0.25, -0.2) is 0 Å². The monoisotopic (exact) mass is 295 g/mol. The van der Waals surface area contributed by atoms with Crippen molar-refractivity contribution in [2.24, 2.45) is 0 Å². The van der Waals surface area contributed by atoms with Crippen molar-refractivity contribution in [3.63, 3.8) is 0 Å². The molecule has 1 atom stereocenters. The van der Waals surface area contributed by atoms with Gasteiger partial charge >= 0.3 is 0 Å². The van der Waals surface area contributed by atoms with E-state index in [1.165, 1.54) is 16.0 Å². The highest BCUT2D eigenvalue weighted by molar-refractivity contribution is 7.13. The lowest BCUT2D eigenvalue weighted by Crippen LogP contribution is -2.42. The van der Waals surface area contributed by atoms with Crippen LogP contribution in [0, 0.1) is 0 Å². The molecule has 1 fully saturated rings. The van der Waals surface area contributed by atoms with Crippen molar-refractivity contribution in [1.29, 1.82) is 0 Å². The number of halogens is 1. The predicted molar refractivity (Wildman–Crippen MR) is 83.3 cm³/mol. The van der Waals surface area contributed by atoms with Crippen LogP contribution in [0.3, 0.4) is 0 Å². The Morgan fingerprint density at radius 2 is 2.21 bits per heavy atom. The Hall–Kier alpha value is -0.870. The van der Waals surface area contributed by atoms with Crippen molar-refractivity contribution in [2.45, 2.75) is 12.5 Å². The first-order valence-corrected chi connectivity index (χ1v) is 7.24. The van der Waals surface area contributed by atoms with Gasteiger partial charge in [0.05, 0.1) is 13.2 Å². The number of thiophene rings is 1. The highest BCUT2D eigenvalue weighted by atomic mass is 35.5. The molecule has 1 N–H and O–H groups in total. The molecule has 1 saturated heterocycles. The van der Waals surface area contributed by atoms with Crippen LogP contribution in [0.2, 0.25) is 0 Å². The summed E-state index contributed by atoms with van der Waals surface area (Å²) in [4.78, 5) is 1.34. The highest BCUT2D eigenvalue weighted by Gasteiger charge is 2.13. The van der Waals surface area contributed by atoms with Gasteiger partial charge in [-0.1, -0.05) is 30.3 Å². The van der Waals surface area contributed by atoms with E-state index in [2.05, 4.69) is 47.1 Å². The summed E-state index contributed by atoms with van der Waals surface area (Å²) in [6.07, 6.45) is 1.04. The van der Waals surface area contributed by atoms with Crippen molar-refractivity contribution in [2.75, 3.05) is 19.8 Å². The molecule has 0 amide bonds. The van der Waals surface area contributed by atoms with Gasteiger partial charge < -0.3 is 10.1 Å². The number of ether oxygens (including phenoxy) is 1. The Labute approximate surface area is 124 Å². The minimum absolute atomic E-state index is 0. The third-order valence-electron chi connectivity index (χ3n) is 3.21. The first-order chi connectivity index (χ1) is 8.92. The molecule has 0 radical (unpaired) electrons. The molecule has 19 heavy (non-hydrogen) atoms. The van der Waals surface area contributed by atoms with Gasteiger partial charge in [0.15, 0.2) is 0 Å². The topological polar surface area (TPSA) is 21.3 Å². The van der Waals surface area contributed by atoms with Crippen molar-refractivity contribution >= 4 is 23.7 Å². The molecule has 2 aromatic rings. The number of nitrogens with one attached hydrogen (secondary N) is 1. The Balaban J connectivity index is 0.00000133. The summed E-state index contributed by atoms with van der Waals surface area (Å²) in [5.41, 5.74) is 2.70. The van der Waals surface area contributed by atoms with E-state index >= 15 is 0 Å². The van der Waals surface area contributed by atoms with Crippen molar-refractivity contribution in [1.82, 2.24) is 5.32 Å². The Bertz CT molecular complexity index is 495. The molecule has 0 spiro atoms. The third kappa shape index (κ3) is 3.80. The molecule has 102 valence electrons. The number of morpholine rings is 1. The van der Waals surface area contributed by atoms with Crippen LogP contribution in [0.4, 0.5) is 0 Å². The van der Waals surface area contributed by atoms with E-state index < -0.39 is 0 Å². The summed E-state index contributed by atoms with van der Waals surface area (Å²) >= 11 is 1.79. The second kappa shape index (κ2) is 7.06. The Morgan fingerprint density at radius 1 is 1.26 bits per heavy atom. The molecule has 0 aliphatic carbocycles. The fourth-order valence-corrected chi connectivity index (χ4v) is 3.05. The third-order valence-corrected chi connectivity index (χ3v) is 4.13. The van der Waals surface area contributed by atoms with Crippen LogP contribution < -0.4 is 5.32 Å². The molecule has 1 aromatic carbocycles. The van der Waals surface area contributed by atoms with Gasteiger partial charge in [0.1, 0.15) is 0 Å². The van der Waals surface area contributed by atoms with Crippen LogP contribution >= 0.6 is 23.7 Å². The molecular formula is C15H18ClNOS. The predicted octanol–water partition coefficient (Wildman–Crippen LogP) is 3.37. The zero-order valence-electron chi connectivity index (χ0n) is 10.7. The lowest BCUT2D eigenvalue weighted by Gasteiger charge is -2.23. The average molecular weight is 296 g/mol. The molecule has 3 rings (SSSR count). The van der Waals surface area contributed by atoms with Crippen LogP contribution in [-0.4, -0.2) is 25.8 Å². The Kier molecular flexibility index (Phi) is 5.40. The summed E-state index contributed by atoms with van der Waals surface area (Å²) in [5, 5.41) is 5.62. The number of benzene rings is 1. The van der Waals surface area contributed by atoms with Crippen LogP contribution in [-0.2, 0) is 11.2 Å². The molecule has 0 saturated carbocycles. The zero-order chi connectivity index (χ0) is 12.2. The molecule has 1 aromatic heterocycles. The van der Waals surface area contributed by atoms with Crippen molar-refractivity contribution in [3.05, 3.63) is 47.3 Å². The van der Waals surface area contributed by atoms with Gasteiger partial charge in [0, 0.05) is 17.5 Å². The molecule has 2 nitrogen and oxygen atoms in total. The maximum atomic E-state index is 5.50. The van der Waals surface area contributed by atoms with E-state index in [1.54, 1.807) is 11.3 Å². The van der Waals surface area contributed by atoms with Crippen molar-refractivity contribution in [3.8, 4) is 10.4 Å². The summed E-state index contributed by atoms with van der Waals surface area (Å²) in [6, 6.07) is 13.6. The SMILES string of the molecule is Cl.c1cc(CC2COCCN2)cc(-c2cccs2)c1.